The summed E-state index contributed by atoms with van der Waals surface area (Å²) in [7, 11) is 0. The molecular weight excluding hydrogens is 305 g/mol. The van der Waals surface area contributed by atoms with Gasteiger partial charge in [-0.3, -0.25) is 9.59 Å². The van der Waals surface area contributed by atoms with Gasteiger partial charge in [-0.2, -0.15) is 13.2 Å². The third kappa shape index (κ3) is 3.95. The Balaban J connectivity index is 1.84. The van der Waals surface area contributed by atoms with Crippen molar-refractivity contribution in [3.8, 4) is 0 Å². The normalized spacial score (nSPS) is 16.9. The summed E-state index contributed by atoms with van der Waals surface area (Å²) in [6, 6.07) is 0. The topological polar surface area (TPSA) is 97.1 Å². The van der Waals surface area contributed by atoms with Crippen LogP contribution in [-0.4, -0.2) is 38.3 Å². The number of halogens is 3. The van der Waals surface area contributed by atoms with Gasteiger partial charge in [-0.15, -0.1) is 5.10 Å². The number of carbonyl (C=O) groups is 2. The molecule has 10 heteroatoms. The van der Waals surface area contributed by atoms with Crippen LogP contribution in [0.5, 0.6) is 0 Å². The molecule has 2 N–H and O–H groups in total. The number of aromatic nitrogens is 3. The largest absolute Gasteiger partial charge is 0.481 e. The fraction of sp³-hybridized carbons (Fsp3) is 0.667. The van der Waals surface area contributed by atoms with Crippen molar-refractivity contribution in [1.29, 1.82) is 0 Å². The average Bonchev–Trinajstić information content (AvgIpc) is 2.79. The van der Waals surface area contributed by atoms with Crippen molar-refractivity contribution in [2.24, 2.45) is 11.8 Å². The molecule has 1 aromatic heterocycles. The van der Waals surface area contributed by atoms with Gasteiger partial charge in [0, 0.05) is 6.54 Å². The van der Waals surface area contributed by atoms with E-state index in [1.54, 1.807) is 0 Å². The standard InChI is InChI=1S/C12H15F3N4O3/c13-12(14,15)11-17-6-19(18-11)5-9(20)16-4-8(10(21)22)7-2-1-3-7/h6-8H,1-5H2,(H,16,20)(H,21,22). The first-order valence-electron chi connectivity index (χ1n) is 6.73. The second-order valence-electron chi connectivity index (χ2n) is 5.20. The second kappa shape index (κ2) is 6.32. The van der Waals surface area contributed by atoms with Gasteiger partial charge in [0.05, 0.1) is 5.92 Å². The number of carboxylic acids is 1. The van der Waals surface area contributed by atoms with Crippen molar-refractivity contribution in [1.82, 2.24) is 20.1 Å². The molecule has 0 spiro atoms. The van der Waals surface area contributed by atoms with Gasteiger partial charge in [0.1, 0.15) is 12.9 Å². The number of nitrogens with zero attached hydrogens (tertiary/aromatic N) is 3. The van der Waals surface area contributed by atoms with Crippen molar-refractivity contribution in [2.45, 2.75) is 32.0 Å². The summed E-state index contributed by atoms with van der Waals surface area (Å²) in [4.78, 5) is 25.8. The summed E-state index contributed by atoms with van der Waals surface area (Å²) in [5.74, 6) is -3.53. The van der Waals surface area contributed by atoms with E-state index >= 15 is 0 Å². The highest BCUT2D eigenvalue weighted by Crippen LogP contribution is 2.33. The SMILES string of the molecule is O=C(Cn1cnc(C(F)(F)F)n1)NCC(C(=O)O)C1CCC1. The quantitative estimate of drug-likeness (QED) is 0.812. The van der Waals surface area contributed by atoms with Gasteiger partial charge in [0.25, 0.3) is 5.82 Å². The highest BCUT2D eigenvalue weighted by Gasteiger charge is 2.36. The number of hydrogen-bond acceptors (Lipinski definition) is 4. The fourth-order valence-corrected chi connectivity index (χ4v) is 2.23. The van der Waals surface area contributed by atoms with Crippen molar-refractivity contribution < 1.29 is 27.9 Å². The van der Waals surface area contributed by atoms with Crippen LogP contribution in [0, 0.1) is 11.8 Å². The molecule has 0 bridgehead atoms. The van der Waals surface area contributed by atoms with Gasteiger partial charge in [-0.1, -0.05) is 6.42 Å². The molecule has 2 rings (SSSR count). The Bertz CT molecular complexity index is 554. The number of hydrogen-bond donors (Lipinski definition) is 2. The Kier molecular flexibility index (Phi) is 4.67. The first-order valence-corrected chi connectivity index (χ1v) is 6.73. The molecule has 1 aliphatic rings. The van der Waals surface area contributed by atoms with Crippen LogP contribution in [0.2, 0.25) is 0 Å². The maximum atomic E-state index is 12.3. The number of carbonyl (C=O) groups excluding carboxylic acids is 1. The molecule has 1 aromatic rings. The summed E-state index contributed by atoms with van der Waals surface area (Å²) in [6.45, 7) is -0.486. The molecule has 1 unspecified atom stereocenters. The first-order chi connectivity index (χ1) is 10.3. The Labute approximate surface area is 123 Å². The van der Waals surface area contributed by atoms with Crippen molar-refractivity contribution in [3.63, 3.8) is 0 Å². The Morgan fingerprint density at radius 3 is 2.59 bits per heavy atom. The number of nitrogens with one attached hydrogen (secondary N) is 1. The van der Waals surface area contributed by atoms with Crippen molar-refractivity contribution >= 4 is 11.9 Å². The lowest BCUT2D eigenvalue weighted by molar-refractivity contribution is -0.146. The number of alkyl halides is 3. The van der Waals surface area contributed by atoms with E-state index in [0.29, 0.717) is 0 Å². The molecule has 122 valence electrons. The minimum absolute atomic E-state index is 0.0420. The second-order valence-corrected chi connectivity index (χ2v) is 5.20. The monoisotopic (exact) mass is 320 g/mol. The molecular formula is C12H15F3N4O3. The van der Waals surface area contributed by atoms with E-state index in [2.05, 4.69) is 15.4 Å². The lowest BCUT2D eigenvalue weighted by atomic mass is 9.76. The molecule has 0 aromatic carbocycles. The summed E-state index contributed by atoms with van der Waals surface area (Å²) < 4.78 is 37.7. The number of rotatable bonds is 6. The molecule has 7 nitrogen and oxygen atoms in total. The summed E-state index contributed by atoms with van der Waals surface area (Å²) in [5.41, 5.74) is 0. The lowest BCUT2D eigenvalue weighted by Gasteiger charge is -2.31. The van der Waals surface area contributed by atoms with Crippen LogP contribution < -0.4 is 5.32 Å². The van der Waals surface area contributed by atoms with Crippen LogP contribution in [0.1, 0.15) is 25.1 Å². The van der Waals surface area contributed by atoms with Gasteiger partial charge in [0.2, 0.25) is 5.91 Å². The molecule has 1 amide bonds. The maximum Gasteiger partial charge on any atom is 0.453 e. The zero-order valence-corrected chi connectivity index (χ0v) is 11.5. The Morgan fingerprint density at radius 1 is 1.45 bits per heavy atom. The van der Waals surface area contributed by atoms with Crippen LogP contribution in [0.15, 0.2) is 6.33 Å². The Morgan fingerprint density at radius 2 is 2.14 bits per heavy atom. The van der Waals surface area contributed by atoms with E-state index < -0.39 is 36.3 Å². The zero-order valence-electron chi connectivity index (χ0n) is 11.5. The van der Waals surface area contributed by atoms with Crippen LogP contribution >= 0.6 is 0 Å². The smallest absolute Gasteiger partial charge is 0.453 e. The van der Waals surface area contributed by atoms with E-state index in [1.807, 2.05) is 0 Å². The molecule has 0 aliphatic heterocycles. The van der Waals surface area contributed by atoms with E-state index in [0.717, 1.165) is 30.3 Å². The fourth-order valence-electron chi connectivity index (χ4n) is 2.23. The maximum absolute atomic E-state index is 12.3. The predicted molar refractivity (Wildman–Crippen MR) is 66.5 cm³/mol. The molecule has 1 heterocycles. The number of aliphatic carboxylic acids is 1. The van der Waals surface area contributed by atoms with Crippen LogP contribution in [0.4, 0.5) is 13.2 Å². The van der Waals surface area contributed by atoms with Gasteiger partial charge >= 0.3 is 12.1 Å². The van der Waals surface area contributed by atoms with Gasteiger partial charge < -0.3 is 10.4 Å². The predicted octanol–water partition coefficient (Wildman–Crippen LogP) is 0.914. The summed E-state index contributed by atoms with van der Waals surface area (Å²) >= 11 is 0. The van der Waals surface area contributed by atoms with E-state index in [4.69, 9.17) is 5.11 Å². The third-order valence-electron chi connectivity index (χ3n) is 3.65. The van der Waals surface area contributed by atoms with E-state index in [9.17, 15) is 22.8 Å². The molecule has 0 saturated heterocycles. The van der Waals surface area contributed by atoms with Gasteiger partial charge in [0.15, 0.2) is 0 Å². The van der Waals surface area contributed by atoms with Gasteiger partial charge in [-0.05, 0) is 18.8 Å². The van der Waals surface area contributed by atoms with Crippen molar-refractivity contribution in [2.75, 3.05) is 6.54 Å². The zero-order chi connectivity index (χ0) is 16.3. The molecule has 1 fully saturated rings. The molecule has 0 radical (unpaired) electrons. The number of carboxylic acid groups (broad SMARTS) is 1. The van der Waals surface area contributed by atoms with Crippen LogP contribution in [0.3, 0.4) is 0 Å². The van der Waals surface area contributed by atoms with Crippen LogP contribution in [0.25, 0.3) is 0 Å². The van der Waals surface area contributed by atoms with Gasteiger partial charge in [-0.25, -0.2) is 9.67 Å². The minimum Gasteiger partial charge on any atom is -0.481 e. The first kappa shape index (κ1) is 16.2. The third-order valence-corrected chi connectivity index (χ3v) is 3.65. The molecule has 22 heavy (non-hydrogen) atoms. The van der Waals surface area contributed by atoms with Crippen LogP contribution in [-0.2, 0) is 22.3 Å². The highest BCUT2D eigenvalue weighted by atomic mass is 19.4. The van der Waals surface area contributed by atoms with E-state index in [1.165, 1.54) is 0 Å². The lowest BCUT2D eigenvalue weighted by Crippen LogP contribution is -2.40. The van der Waals surface area contributed by atoms with E-state index in [-0.39, 0.29) is 12.5 Å². The van der Waals surface area contributed by atoms with Crippen molar-refractivity contribution in [3.05, 3.63) is 12.2 Å². The molecule has 1 aliphatic carbocycles. The number of amides is 1. The summed E-state index contributed by atoms with van der Waals surface area (Å²) in [5, 5.41) is 14.7. The minimum atomic E-state index is -4.67. The summed E-state index contributed by atoms with van der Waals surface area (Å²) in [6.07, 6.45) is -1.26. The average molecular weight is 320 g/mol. The molecule has 1 saturated carbocycles. The highest BCUT2D eigenvalue weighted by molar-refractivity contribution is 5.77. The Hall–Kier alpha value is -2.13. The molecule has 1 atom stereocenters.